The largest absolute Gasteiger partial charge is 0.489 e. The monoisotopic (exact) mass is 285 g/mol. The van der Waals surface area contributed by atoms with Crippen LogP contribution in [0.2, 0.25) is 0 Å². The molecule has 0 aliphatic rings. The first kappa shape index (κ1) is 15.5. The summed E-state index contributed by atoms with van der Waals surface area (Å²) in [4.78, 5) is 0. The average Bonchev–Trinajstić information content (AvgIpc) is 2.52. The van der Waals surface area contributed by atoms with Gasteiger partial charge in [0.05, 0.1) is 0 Å². The Bertz CT molecular complexity index is 554. The van der Waals surface area contributed by atoms with Crippen molar-refractivity contribution in [3.05, 3.63) is 65.2 Å². The van der Waals surface area contributed by atoms with E-state index in [4.69, 9.17) is 9.84 Å². The van der Waals surface area contributed by atoms with Gasteiger partial charge in [-0.05, 0) is 49.2 Å². The van der Waals surface area contributed by atoms with Crippen LogP contribution in [-0.2, 0) is 6.61 Å². The molecule has 112 valence electrons. The second kappa shape index (κ2) is 7.81. The number of hydrogen-bond acceptors (Lipinski definition) is 3. The molecule has 2 N–H and O–H groups in total. The number of benzene rings is 2. The third-order valence-electron chi connectivity index (χ3n) is 3.63. The first-order valence-electron chi connectivity index (χ1n) is 7.30. The van der Waals surface area contributed by atoms with Crippen molar-refractivity contribution in [3.8, 4) is 5.75 Å². The van der Waals surface area contributed by atoms with Crippen molar-refractivity contribution in [1.82, 2.24) is 5.32 Å². The Kier molecular flexibility index (Phi) is 5.78. The Morgan fingerprint density at radius 2 is 1.90 bits per heavy atom. The molecule has 0 aliphatic heterocycles. The minimum absolute atomic E-state index is 0.178. The zero-order chi connectivity index (χ0) is 15.1. The smallest absolute Gasteiger partial charge is 0.120 e. The highest BCUT2D eigenvalue weighted by Gasteiger charge is 2.11. The summed E-state index contributed by atoms with van der Waals surface area (Å²) in [7, 11) is 1.92. The molecule has 0 aromatic heterocycles. The molecule has 0 saturated carbocycles. The Hall–Kier alpha value is -1.84. The van der Waals surface area contributed by atoms with Crippen LogP contribution in [0, 0.1) is 6.92 Å². The molecule has 21 heavy (non-hydrogen) atoms. The van der Waals surface area contributed by atoms with Crippen molar-refractivity contribution in [1.29, 1.82) is 0 Å². The van der Waals surface area contributed by atoms with Crippen LogP contribution in [0.5, 0.6) is 5.75 Å². The van der Waals surface area contributed by atoms with Gasteiger partial charge >= 0.3 is 0 Å². The predicted molar refractivity (Wildman–Crippen MR) is 85.5 cm³/mol. The molecule has 0 fully saturated rings. The lowest BCUT2D eigenvalue weighted by Gasteiger charge is -2.18. The van der Waals surface area contributed by atoms with E-state index in [2.05, 4.69) is 36.5 Å². The quantitative estimate of drug-likeness (QED) is 0.820. The fraction of sp³-hybridized carbons (Fsp3) is 0.333. The summed E-state index contributed by atoms with van der Waals surface area (Å²) in [6.45, 7) is 2.83. The van der Waals surface area contributed by atoms with Gasteiger partial charge in [-0.2, -0.15) is 0 Å². The number of rotatable bonds is 7. The Morgan fingerprint density at radius 3 is 2.52 bits per heavy atom. The zero-order valence-electron chi connectivity index (χ0n) is 12.7. The average molecular weight is 285 g/mol. The van der Waals surface area contributed by atoms with Crippen LogP contribution in [0.4, 0.5) is 0 Å². The molecule has 2 rings (SSSR count). The molecule has 2 aromatic rings. The van der Waals surface area contributed by atoms with Gasteiger partial charge in [-0.15, -0.1) is 0 Å². The highest BCUT2D eigenvalue weighted by atomic mass is 16.5. The summed E-state index contributed by atoms with van der Waals surface area (Å²) in [5.41, 5.74) is 3.54. The van der Waals surface area contributed by atoms with Crippen molar-refractivity contribution in [2.24, 2.45) is 0 Å². The molecule has 0 aliphatic carbocycles. The van der Waals surface area contributed by atoms with Gasteiger partial charge in [0.25, 0.3) is 0 Å². The van der Waals surface area contributed by atoms with Crippen LogP contribution in [0.1, 0.15) is 29.2 Å². The van der Waals surface area contributed by atoms with E-state index in [1.54, 1.807) is 0 Å². The fourth-order valence-electron chi connectivity index (χ4n) is 2.45. The summed E-state index contributed by atoms with van der Waals surface area (Å²) in [6.07, 6.45) is 0.710. The number of ether oxygens (including phenoxy) is 1. The Morgan fingerprint density at radius 1 is 1.14 bits per heavy atom. The number of aliphatic hydroxyl groups is 1. The first-order chi connectivity index (χ1) is 10.2. The van der Waals surface area contributed by atoms with E-state index in [1.165, 1.54) is 11.1 Å². The van der Waals surface area contributed by atoms with Crippen LogP contribution in [0.15, 0.2) is 48.5 Å². The molecular formula is C18H23NO2. The molecule has 2 aromatic carbocycles. The Balaban J connectivity index is 2.04. The molecule has 1 atom stereocenters. The van der Waals surface area contributed by atoms with Gasteiger partial charge in [-0.25, -0.2) is 0 Å². The van der Waals surface area contributed by atoms with E-state index in [9.17, 15) is 0 Å². The third-order valence-corrected chi connectivity index (χ3v) is 3.63. The van der Waals surface area contributed by atoms with Crippen molar-refractivity contribution in [2.45, 2.75) is 26.0 Å². The zero-order valence-corrected chi connectivity index (χ0v) is 12.7. The topological polar surface area (TPSA) is 41.5 Å². The van der Waals surface area contributed by atoms with Gasteiger partial charge in [0.2, 0.25) is 0 Å². The normalized spacial score (nSPS) is 12.1. The molecule has 0 spiro atoms. The van der Waals surface area contributed by atoms with E-state index in [0.29, 0.717) is 13.0 Å². The second-order valence-electron chi connectivity index (χ2n) is 5.15. The summed E-state index contributed by atoms with van der Waals surface area (Å²) in [5.74, 6) is 0.874. The highest BCUT2D eigenvalue weighted by molar-refractivity contribution is 5.37. The lowest BCUT2D eigenvalue weighted by atomic mass is 9.99. The van der Waals surface area contributed by atoms with E-state index in [-0.39, 0.29) is 12.6 Å². The molecule has 0 radical (unpaired) electrons. The maximum absolute atomic E-state index is 9.12. The molecule has 0 bridgehead atoms. The number of aryl methyl sites for hydroxylation is 1. The SMILES string of the molecule is CNC(CCO)c1ccc(OCc2ccccc2)cc1C. The molecule has 3 nitrogen and oxygen atoms in total. The van der Waals surface area contributed by atoms with Gasteiger partial charge < -0.3 is 15.2 Å². The van der Waals surface area contributed by atoms with Gasteiger partial charge in [0.15, 0.2) is 0 Å². The van der Waals surface area contributed by atoms with Crippen molar-refractivity contribution in [3.63, 3.8) is 0 Å². The number of hydrogen-bond donors (Lipinski definition) is 2. The van der Waals surface area contributed by atoms with Gasteiger partial charge in [0, 0.05) is 12.6 Å². The van der Waals surface area contributed by atoms with Gasteiger partial charge in [0.1, 0.15) is 12.4 Å². The van der Waals surface area contributed by atoms with Crippen LogP contribution in [0.25, 0.3) is 0 Å². The standard InChI is InChI=1S/C18H23NO2/c1-14-12-16(21-13-15-6-4-3-5-7-15)8-9-17(14)18(19-2)10-11-20/h3-9,12,18-20H,10-11,13H2,1-2H3. The lowest BCUT2D eigenvalue weighted by molar-refractivity contribution is 0.268. The maximum Gasteiger partial charge on any atom is 0.120 e. The number of aliphatic hydroxyl groups excluding tert-OH is 1. The lowest BCUT2D eigenvalue weighted by Crippen LogP contribution is -2.18. The van der Waals surface area contributed by atoms with Crippen LogP contribution in [-0.4, -0.2) is 18.8 Å². The van der Waals surface area contributed by atoms with E-state index in [1.807, 2.05) is 31.3 Å². The summed E-state index contributed by atoms with van der Waals surface area (Å²) in [6, 6.07) is 16.4. The predicted octanol–water partition coefficient (Wildman–Crippen LogP) is 3.22. The van der Waals surface area contributed by atoms with Gasteiger partial charge in [-0.1, -0.05) is 36.4 Å². The molecule has 0 amide bonds. The summed E-state index contributed by atoms with van der Waals surface area (Å²) < 4.78 is 5.83. The van der Waals surface area contributed by atoms with Crippen LogP contribution >= 0.6 is 0 Å². The van der Waals surface area contributed by atoms with E-state index < -0.39 is 0 Å². The minimum atomic E-state index is 0.178. The fourth-order valence-corrected chi connectivity index (χ4v) is 2.45. The Labute approximate surface area is 126 Å². The van der Waals surface area contributed by atoms with E-state index >= 15 is 0 Å². The van der Waals surface area contributed by atoms with Crippen LogP contribution in [0.3, 0.4) is 0 Å². The number of nitrogens with one attached hydrogen (secondary N) is 1. The third kappa shape index (κ3) is 4.31. The molecule has 0 saturated heterocycles. The van der Waals surface area contributed by atoms with Crippen molar-refractivity contribution in [2.75, 3.05) is 13.7 Å². The van der Waals surface area contributed by atoms with Crippen molar-refractivity contribution >= 4 is 0 Å². The van der Waals surface area contributed by atoms with Crippen LogP contribution < -0.4 is 10.1 Å². The molecule has 3 heteroatoms. The van der Waals surface area contributed by atoms with Gasteiger partial charge in [-0.3, -0.25) is 0 Å². The highest BCUT2D eigenvalue weighted by Crippen LogP contribution is 2.25. The first-order valence-corrected chi connectivity index (χ1v) is 7.30. The van der Waals surface area contributed by atoms with Crippen molar-refractivity contribution < 1.29 is 9.84 Å². The van der Waals surface area contributed by atoms with E-state index in [0.717, 1.165) is 11.3 Å². The minimum Gasteiger partial charge on any atom is -0.489 e. The summed E-state index contributed by atoms with van der Waals surface area (Å²) >= 11 is 0. The second-order valence-corrected chi connectivity index (χ2v) is 5.15. The summed E-state index contributed by atoms with van der Waals surface area (Å²) in [5, 5.41) is 12.4. The molecule has 0 heterocycles. The molecular weight excluding hydrogens is 262 g/mol. The molecule has 1 unspecified atom stereocenters. The maximum atomic E-state index is 9.12.